The van der Waals surface area contributed by atoms with E-state index in [9.17, 15) is 14.0 Å². The van der Waals surface area contributed by atoms with Crippen molar-refractivity contribution in [3.8, 4) is 16.9 Å². The summed E-state index contributed by atoms with van der Waals surface area (Å²) in [5.74, 6) is 1.54. The molecule has 0 aromatic heterocycles. The summed E-state index contributed by atoms with van der Waals surface area (Å²) in [6.07, 6.45) is 3.34. The maximum Gasteiger partial charge on any atom is 0.248 e. The van der Waals surface area contributed by atoms with Gasteiger partial charge in [-0.25, -0.2) is 9.18 Å². The van der Waals surface area contributed by atoms with E-state index < -0.39 is 11.7 Å². The highest BCUT2D eigenvalue weighted by atomic mass is 35.5. The Morgan fingerprint density at radius 1 is 1.14 bits per heavy atom. The SMILES string of the molecule is CN(C(=C=O)c1c(F)cccc1Cl)c1ccc(-c2cc(C(N)=O)ccc2Cl)cc1OCC1CCC1. The number of anilines is 1. The van der Waals surface area contributed by atoms with Gasteiger partial charge in [0, 0.05) is 23.2 Å². The molecule has 180 valence electrons. The summed E-state index contributed by atoms with van der Waals surface area (Å²) in [6, 6.07) is 14.3. The summed E-state index contributed by atoms with van der Waals surface area (Å²) in [5.41, 5.74) is 7.47. The second kappa shape index (κ2) is 10.5. The number of halogens is 3. The molecule has 0 unspecified atom stereocenters. The molecule has 1 amide bonds. The molecule has 3 aromatic carbocycles. The number of benzene rings is 3. The van der Waals surface area contributed by atoms with Gasteiger partial charge in [0.15, 0.2) is 5.94 Å². The summed E-state index contributed by atoms with van der Waals surface area (Å²) in [7, 11) is 1.62. The van der Waals surface area contributed by atoms with Gasteiger partial charge in [-0.15, -0.1) is 0 Å². The molecule has 1 aliphatic carbocycles. The lowest BCUT2D eigenvalue weighted by atomic mass is 9.86. The highest BCUT2D eigenvalue weighted by Crippen LogP contribution is 2.40. The van der Waals surface area contributed by atoms with Crippen LogP contribution in [0, 0.1) is 11.7 Å². The highest BCUT2D eigenvalue weighted by molar-refractivity contribution is 6.33. The van der Waals surface area contributed by atoms with Crippen LogP contribution in [0.2, 0.25) is 10.0 Å². The van der Waals surface area contributed by atoms with Crippen LogP contribution in [0.15, 0.2) is 54.6 Å². The smallest absolute Gasteiger partial charge is 0.248 e. The lowest BCUT2D eigenvalue weighted by Gasteiger charge is -2.28. The largest absolute Gasteiger partial charge is 0.491 e. The molecule has 0 spiro atoms. The number of amides is 1. The standard InChI is InChI=1S/C27H23Cl2FN2O3/c1-32(24(14-33)26-21(29)6-3-7-22(26)30)23-11-9-17(13-25(23)35-15-16-4-2-5-16)19-12-18(27(31)34)8-10-20(19)28/h3,6-13,16H,2,4-5,15H2,1H3,(H2,31,34). The van der Waals surface area contributed by atoms with E-state index in [-0.39, 0.29) is 16.3 Å². The molecule has 3 aromatic rings. The Kier molecular flexibility index (Phi) is 7.46. The average molecular weight is 513 g/mol. The van der Waals surface area contributed by atoms with E-state index >= 15 is 0 Å². The minimum Gasteiger partial charge on any atom is -0.491 e. The number of carbonyl (C=O) groups is 1. The van der Waals surface area contributed by atoms with Gasteiger partial charge >= 0.3 is 0 Å². The Hall–Kier alpha value is -3.31. The van der Waals surface area contributed by atoms with Crippen LogP contribution >= 0.6 is 23.2 Å². The number of ether oxygens (including phenoxy) is 1. The topological polar surface area (TPSA) is 72.6 Å². The molecular weight excluding hydrogens is 490 g/mol. The summed E-state index contributed by atoms with van der Waals surface area (Å²) in [4.78, 5) is 25.1. The number of hydrogen-bond donors (Lipinski definition) is 1. The van der Waals surface area contributed by atoms with E-state index in [2.05, 4.69) is 0 Å². The van der Waals surface area contributed by atoms with Crippen LogP contribution in [0.25, 0.3) is 16.8 Å². The summed E-state index contributed by atoms with van der Waals surface area (Å²) in [5, 5.41) is 0.534. The van der Waals surface area contributed by atoms with Crippen molar-refractivity contribution in [2.45, 2.75) is 19.3 Å². The van der Waals surface area contributed by atoms with Crippen LogP contribution in [-0.2, 0) is 4.79 Å². The molecule has 2 N–H and O–H groups in total. The molecule has 5 nitrogen and oxygen atoms in total. The van der Waals surface area contributed by atoms with Crippen LogP contribution in [-0.4, -0.2) is 25.5 Å². The molecule has 1 fully saturated rings. The second-order valence-corrected chi connectivity index (χ2v) is 9.27. The Labute approximate surface area is 212 Å². The van der Waals surface area contributed by atoms with Gasteiger partial charge in [-0.05, 0) is 66.8 Å². The van der Waals surface area contributed by atoms with Crippen molar-refractivity contribution in [2.75, 3.05) is 18.6 Å². The van der Waals surface area contributed by atoms with Gasteiger partial charge in [-0.1, -0.05) is 41.8 Å². The zero-order valence-electron chi connectivity index (χ0n) is 19.0. The maximum absolute atomic E-state index is 14.6. The van der Waals surface area contributed by atoms with E-state index in [1.807, 2.05) is 5.94 Å². The third-order valence-electron chi connectivity index (χ3n) is 6.21. The second-order valence-electron chi connectivity index (χ2n) is 8.46. The monoisotopic (exact) mass is 512 g/mol. The lowest BCUT2D eigenvalue weighted by molar-refractivity contribution is 0.100. The van der Waals surface area contributed by atoms with Gasteiger partial charge in [0.25, 0.3) is 0 Å². The first kappa shape index (κ1) is 24.8. The number of nitrogens with two attached hydrogens (primary N) is 1. The van der Waals surface area contributed by atoms with E-state index in [0.29, 0.717) is 45.7 Å². The van der Waals surface area contributed by atoms with Crippen LogP contribution in [0.3, 0.4) is 0 Å². The van der Waals surface area contributed by atoms with Gasteiger partial charge in [-0.3, -0.25) is 4.79 Å². The predicted molar refractivity (Wildman–Crippen MR) is 137 cm³/mol. The Bertz CT molecular complexity index is 1310. The molecule has 0 saturated heterocycles. The molecule has 0 radical (unpaired) electrons. The molecule has 0 aliphatic heterocycles. The molecule has 0 atom stereocenters. The van der Waals surface area contributed by atoms with Crippen LogP contribution in [0.1, 0.15) is 35.2 Å². The predicted octanol–water partition coefficient (Wildman–Crippen LogP) is 6.39. The van der Waals surface area contributed by atoms with E-state index in [4.69, 9.17) is 33.7 Å². The zero-order chi connectivity index (χ0) is 25.1. The van der Waals surface area contributed by atoms with Gasteiger partial charge in [0.1, 0.15) is 17.3 Å². The molecular formula is C27H23Cl2FN2O3. The number of carbonyl (C=O) groups excluding carboxylic acids is 2. The van der Waals surface area contributed by atoms with E-state index in [1.54, 1.807) is 43.4 Å². The van der Waals surface area contributed by atoms with Crippen molar-refractivity contribution in [2.24, 2.45) is 11.7 Å². The van der Waals surface area contributed by atoms with Gasteiger partial charge in [-0.2, -0.15) is 0 Å². The third-order valence-corrected chi connectivity index (χ3v) is 6.86. The third kappa shape index (κ3) is 5.20. The fourth-order valence-corrected chi connectivity index (χ4v) is 4.45. The molecule has 4 rings (SSSR count). The van der Waals surface area contributed by atoms with Crippen LogP contribution in [0.5, 0.6) is 5.75 Å². The summed E-state index contributed by atoms with van der Waals surface area (Å²) in [6.45, 7) is 0.500. The van der Waals surface area contributed by atoms with Crippen molar-refractivity contribution in [1.82, 2.24) is 0 Å². The first-order valence-electron chi connectivity index (χ1n) is 11.1. The van der Waals surface area contributed by atoms with Crippen molar-refractivity contribution >= 4 is 46.4 Å². The number of primary amides is 1. The van der Waals surface area contributed by atoms with E-state index in [1.165, 1.54) is 29.5 Å². The number of hydrogen-bond acceptors (Lipinski definition) is 4. The molecule has 0 heterocycles. The van der Waals surface area contributed by atoms with Crippen LogP contribution in [0.4, 0.5) is 10.1 Å². The Balaban J connectivity index is 1.78. The van der Waals surface area contributed by atoms with Crippen molar-refractivity contribution in [3.63, 3.8) is 0 Å². The summed E-state index contributed by atoms with van der Waals surface area (Å²) < 4.78 is 20.8. The van der Waals surface area contributed by atoms with Gasteiger partial charge in [0.05, 0.1) is 22.9 Å². The molecule has 0 bridgehead atoms. The van der Waals surface area contributed by atoms with Crippen LogP contribution < -0.4 is 15.4 Å². The molecule has 1 aliphatic rings. The first-order valence-corrected chi connectivity index (χ1v) is 11.9. The highest BCUT2D eigenvalue weighted by Gasteiger charge is 2.23. The fourth-order valence-electron chi connectivity index (χ4n) is 3.97. The molecule has 1 saturated carbocycles. The van der Waals surface area contributed by atoms with Gasteiger partial charge in [0.2, 0.25) is 5.91 Å². The Morgan fingerprint density at radius 2 is 1.91 bits per heavy atom. The molecule has 35 heavy (non-hydrogen) atoms. The van der Waals surface area contributed by atoms with Gasteiger partial charge < -0.3 is 15.4 Å². The maximum atomic E-state index is 14.6. The lowest BCUT2D eigenvalue weighted by Crippen LogP contribution is -2.22. The summed E-state index contributed by atoms with van der Waals surface area (Å²) >= 11 is 12.6. The quantitative estimate of drug-likeness (QED) is 0.355. The fraction of sp³-hybridized carbons (Fsp3) is 0.222. The Morgan fingerprint density at radius 3 is 2.54 bits per heavy atom. The zero-order valence-corrected chi connectivity index (χ0v) is 20.5. The normalized spacial score (nSPS) is 13.0. The minimum absolute atomic E-state index is 0.0436. The number of rotatable bonds is 8. The molecule has 8 heteroatoms. The average Bonchev–Trinajstić information content (AvgIpc) is 2.80. The minimum atomic E-state index is -0.633. The van der Waals surface area contributed by atoms with E-state index in [0.717, 1.165) is 12.8 Å². The van der Waals surface area contributed by atoms with Crippen molar-refractivity contribution in [1.29, 1.82) is 0 Å². The van der Waals surface area contributed by atoms with Crippen molar-refractivity contribution < 1.29 is 18.7 Å². The van der Waals surface area contributed by atoms with Crippen molar-refractivity contribution in [3.05, 3.63) is 81.6 Å². The first-order chi connectivity index (χ1) is 16.8. The number of nitrogens with zero attached hydrogens (tertiary/aromatic N) is 1.